The number of hydrogen-bond acceptors (Lipinski definition) is 5. The summed E-state index contributed by atoms with van der Waals surface area (Å²) in [5, 5.41) is 7.41. The van der Waals surface area contributed by atoms with Crippen LogP contribution in [0.1, 0.15) is 48.4 Å². The summed E-state index contributed by atoms with van der Waals surface area (Å²) in [4.78, 5) is 30.2. The number of nitrogens with one attached hydrogen (secondary N) is 2. The van der Waals surface area contributed by atoms with Crippen molar-refractivity contribution in [2.45, 2.75) is 32.4 Å². The van der Waals surface area contributed by atoms with E-state index in [0.29, 0.717) is 37.4 Å². The fourth-order valence-corrected chi connectivity index (χ4v) is 4.03. The van der Waals surface area contributed by atoms with Gasteiger partial charge in [0.25, 0.3) is 5.91 Å². The Morgan fingerprint density at radius 3 is 3.00 bits per heavy atom. The van der Waals surface area contributed by atoms with Crippen molar-refractivity contribution in [2.24, 2.45) is 5.92 Å². The molecule has 160 valence electrons. The van der Waals surface area contributed by atoms with Crippen LogP contribution in [0, 0.1) is 5.92 Å². The molecule has 1 fully saturated rings. The van der Waals surface area contributed by atoms with Crippen LogP contribution in [0.5, 0.6) is 0 Å². The second kappa shape index (κ2) is 8.35. The van der Waals surface area contributed by atoms with E-state index in [9.17, 15) is 9.59 Å². The highest BCUT2D eigenvalue weighted by molar-refractivity contribution is 5.96. The first-order valence-electron chi connectivity index (χ1n) is 10.1. The molecule has 0 unspecified atom stereocenters. The van der Waals surface area contributed by atoms with E-state index in [-0.39, 0.29) is 29.8 Å². The predicted octanol–water partition coefficient (Wildman–Crippen LogP) is 2.50. The number of fused-ring (bicyclic) bond motifs is 1. The van der Waals surface area contributed by atoms with E-state index in [1.807, 2.05) is 22.0 Å². The Kier molecular flexibility index (Phi) is 5.63. The molecule has 1 aliphatic rings. The Balaban J connectivity index is 1.51. The second-order valence-electron chi connectivity index (χ2n) is 7.93. The fourth-order valence-electron chi connectivity index (χ4n) is 4.03. The quantitative estimate of drug-likeness (QED) is 0.590. The number of aromatic nitrogens is 3. The average Bonchev–Trinajstić information content (AvgIpc) is 3.46. The fraction of sp³-hybridized carbons (Fsp3) is 0.476. The van der Waals surface area contributed by atoms with Gasteiger partial charge in [0, 0.05) is 62.5 Å². The van der Waals surface area contributed by atoms with Crippen LogP contribution in [0.25, 0.3) is 11.1 Å². The van der Waals surface area contributed by atoms with Crippen molar-refractivity contribution in [2.75, 3.05) is 26.8 Å². The maximum atomic E-state index is 12.7. The van der Waals surface area contributed by atoms with Crippen molar-refractivity contribution in [1.29, 1.82) is 0 Å². The standard InChI is InChI=1S/C21H27N5O4/c1-13(2)26-12-15(11-23-26)20-14(8-19(27)25(20)5-7-29-3)10-22-21(28)17-9-18-16(24-17)4-6-30-18/h4,6,9,11-14,20,24H,5,7-8,10H2,1-3H3,(H,22,28)/t14-,20+/m0/s1. The molecule has 1 aliphatic heterocycles. The molecule has 4 heterocycles. The number of furan rings is 1. The summed E-state index contributed by atoms with van der Waals surface area (Å²) < 4.78 is 12.4. The third-order valence-electron chi connectivity index (χ3n) is 5.58. The first kappa shape index (κ1) is 20.2. The van der Waals surface area contributed by atoms with E-state index in [0.717, 1.165) is 11.1 Å². The minimum atomic E-state index is -0.221. The lowest BCUT2D eigenvalue weighted by Gasteiger charge is -2.27. The number of carbonyl (C=O) groups is 2. The Morgan fingerprint density at radius 1 is 1.47 bits per heavy atom. The van der Waals surface area contributed by atoms with Crippen LogP contribution in [0.2, 0.25) is 0 Å². The van der Waals surface area contributed by atoms with Crippen LogP contribution in [-0.4, -0.2) is 58.3 Å². The Hall–Kier alpha value is -3.07. The van der Waals surface area contributed by atoms with Crippen molar-refractivity contribution < 1.29 is 18.7 Å². The van der Waals surface area contributed by atoms with Crippen LogP contribution < -0.4 is 5.32 Å². The molecular formula is C21H27N5O4. The molecule has 3 aromatic rings. The number of H-pyrrole nitrogens is 1. The molecule has 0 aliphatic carbocycles. The van der Waals surface area contributed by atoms with E-state index in [1.165, 1.54) is 0 Å². The van der Waals surface area contributed by atoms with Gasteiger partial charge in [0.15, 0.2) is 5.58 Å². The number of carbonyl (C=O) groups excluding carboxylic acids is 2. The molecule has 0 saturated carbocycles. The summed E-state index contributed by atoms with van der Waals surface area (Å²) in [6.45, 7) is 5.46. The average molecular weight is 413 g/mol. The smallest absolute Gasteiger partial charge is 0.267 e. The molecule has 30 heavy (non-hydrogen) atoms. The lowest BCUT2D eigenvalue weighted by Crippen LogP contribution is -2.35. The molecule has 0 spiro atoms. The summed E-state index contributed by atoms with van der Waals surface area (Å²) in [5.74, 6) is -0.215. The monoisotopic (exact) mass is 413 g/mol. The van der Waals surface area contributed by atoms with Gasteiger partial charge in [0.2, 0.25) is 5.91 Å². The lowest BCUT2D eigenvalue weighted by molar-refractivity contribution is -0.129. The van der Waals surface area contributed by atoms with Gasteiger partial charge in [-0.1, -0.05) is 0 Å². The molecule has 9 nitrogen and oxygen atoms in total. The highest BCUT2D eigenvalue weighted by atomic mass is 16.5. The number of aromatic amines is 1. The van der Waals surface area contributed by atoms with Crippen molar-refractivity contribution in [3.05, 3.63) is 42.0 Å². The number of ether oxygens (including phenoxy) is 1. The van der Waals surface area contributed by atoms with Crippen LogP contribution in [0.15, 0.2) is 35.2 Å². The molecule has 3 aromatic heterocycles. The first-order valence-corrected chi connectivity index (χ1v) is 10.1. The molecule has 0 aromatic carbocycles. The summed E-state index contributed by atoms with van der Waals surface area (Å²) >= 11 is 0. The molecule has 2 atom stereocenters. The zero-order chi connectivity index (χ0) is 21.3. The minimum Gasteiger partial charge on any atom is -0.463 e. The van der Waals surface area contributed by atoms with Gasteiger partial charge in [-0.05, 0) is 13.8 Å². The van der Waals surface area contributed by atoms with Gasteiger partial charge in [-0.25, -0.2) is 0 Å². The highest BCUT2D eigenvalue weighted by Crippen LogP contribution is 2.37. The third kappa shape index (κ3) is 3.85. The van der Waals surface area contributed by atoms with E-state index in [1.54, 1.807) is 25.5 Å². The molecule has 2 amide bonds. The second-order valence-corrected chi connectivity index (χ2v) is 7.93. The summed E-state index contributed by atoms with van der Waals surface area (Å²) in [7, 11) is 1.62. The third-order valence-corrected chi connectivity index (χ3v) is 5.58. The van der Waals surface area contributed by atoms with Gasteiger partial charge in [-0.3, -0.25) is 14.3 Å². The van der Waals surface area contributed by atoms with E-state index < -0.39 is 0 Å². The van der Waals surface area contributed by atoms with Gasteiger partial charge in [0.05, 0.1) is 30.6 Å². The van der Waals surface area contributed by atoms with Gasteiger partial charge in [-0.15, -0.1) is 0 Å². The van der Waals surface area contributed by atoms with Crippen LogP contribution in [0.4, 0.5) is 0 Å². The topological polar surface area (TPSA) is 105 Å². The maximum absolute atomic E-state index is 12.7. The summed E-state index contributed by atoms with van der Waals surface area (Å²) in [6.07, 6.45) is 5.75. The van der Waals surface area contributed by atoms with Gasteiger partial charge in [-0.2, -0.15) is 5.10 Å². The Morgan fingerprint density at radius 2 is 2.30 bits per heavy atom. The summed E-state index contributed by atoms with van der Waals surface area (Å²) in [5.41, 5.74) is 2.83. The number of amides is 2. The molecule has 2 N–H and O–H groups in total. The van der Waals surface area contributed by atoms with Gasteiger partial charge >= 0.3 is 0 Å². The molecule has 0 radical (unpaired) electrons. The molecule has 9 heteroatoms. The molecule has 4 rings (SSSR count). The Labute approximate surface area is 174 Å². The van der Waals surface area contributed by atoms with E-state index >= 15 is 0 Å². The Bertz CT molecular complexity index is 1000. The number of hydrogen-bond donors (Lipinski definition) is 2. The highest BCUT2D eigenvalue weighted by Gasteiger charge is 2.41. The van der Waals surface area contributed by atoms with Crippen molar-refractivity contribution >= 4 is 22.9 Å². The normalized spacial score (nSPS) is 19.3. The van der Waals surface area contributed by atoms with E-state index in [4.69, 9.17) is 9.15 Å². The predicted molar refractivity (Wildman–Crippen MR) is 110 cm³/mol. The van der Waals surface area contributed by atoms with Crippen molar-refractivity contribution in [3.8, 4) is 0 Å². The SMILES string of the molecule is COCCN1C(=O)C[C@@H](CNC(=O)c2cc3occc3[nH]2)[C@@H]1c1cnn(C(C)C)c1. The minimum absolute atomic E-state index is 0.0546. The number of rotatable bonds is 8. The zero-order valence-corrected chi connectivity index (χ0v) is 17.4. The molecular weight excluding hydrogens is 386 g/mol. The number of methoxy groups -OCH3 is 1. The molecule has 1 saturated heterocycles. The lowest BCUT2D eigenvalue weighted by atomic mass is 9.95. The van der Waals surface area contributed by atoms with Crippen molar-refractivity contribution in [3.63, 3.8) is 0 Å². The zero-order valence-electron chi connectivity index (χ0n) is 17.4. The largest absolute Gasteiger partial charge is 0.463 e. The first-order chi connectivity index (χ1) is 14.5. The summed E-state index contributed by atoms with van der Waals surface area (Å²) in [6, 6.07) is 3.53. The van der Waals surface area contributed by atoms with Crippen molar-refractivity contribution in [1.82, 2.24) is 25.0 Å². The number of likely N-dealkylation sites (tertiary alicyclic amines) is 1. The van der Waals surface area contributed by atoms with Crippen LogP contribution in [0.3, 0.4) is 0 Å². The maximum Gasteiger partial charge on any atom is 0.267 e. The van der Waals surface area contributed by atoms with Crippen LogP contribution >= 0.6 is 0 Å². The van der Waals surface area contributed by atoms with Gasteiger partial charge in [0.1, 0.15) is 5.69 Å². The molecule has 0 bridgehead atoms. The van der Waals surface area contributed by atoms with Gasteiger partial charge < -0.3 is 24.4 Å². The number of nitrogens with zero attached hydrogens (tertiary/aromatic N) is 3. The van der Waals surface area contributed by atoms with E-state index in [2.05, 4.69) is 29.2 Å². The van der Waals surface area contributed by atoms with Crippen LogP contribution in [-0.2, 0) is 9.53 Å².